The van der Waals surface area contributed by atoms with Gasteiger partial charge in [-0.3, -0.25) is 0 Å². The molecule has 3 fully saturated rings. The van der Waals surface area contributed by atoms with Crippen LogP contribution in [0, 0.1) is 35.5 Å². The van der Waals surface area contributed by atoms with Crippen molar-refractivity contribution < 1.29 is 4.79 Å². The summed E-state index contributed by atoms with van der Waals surface area (Å²) in [6, 6.07) is 0. The fraction of sp³-hybridized carbons (Fsp3) is 0.955. The second-order valence-electron chi connectivity index (χ2n) is 9.06. The molecule has 0 saturated heterocycles. The first-order valence-electron chi connectivity index (χ1n) is 10.8. The summed E-state index contributed by atoms with van der Waals surface area (Å²) in [5, 5.41) is 0. The van der Waals surface area contributed by atoms with Crippen molar-refractivity contribution in [3.05, 3.63) is 0 Å². The Balaban J connectivity index is 1.38. The van der Waals surface area contributed by atoms with E-state index in [1.807, 2.05) is 0 Å². The highest BCUT2D eigenvalue weighted by Crippen LogP contribution is 2.46. The third-order valence-electron chi connectivity index (χ3n) is 7.75. The van der Waals surface area contributed by atoms with Crippen LogP contribution in [0.4, 0.5) is 0 Å². The molecule has 0 heterocycles. The molecule has 0 aromatic heterocycles. The van der Waals surface area contributed by atoms with Crippen LogP contribution in [0.1, 0.15) is 96.8 Å². The summed E-state index contributed by atoms with van der Waals surface area (Å²) in [5.41, 5.74) is 0. The van der Waals surface area contributed by atoms with Crippen LogP contribution in [0.3, 0.4) is 0 Å². The van der Waals surface area contributed by atoms with Gasteiger partial charge in [0, 0.05) is 5.92 Å². The summed E-state index contributed by atoms with van der Waals surface area (Å²) in [5.74, 6) is 5.51. The Morgan fingerprint density at radius 1 is 0.652 bits per heavy atom. The average Bonchev–Trinajstić information content (AvgIpc) is 2.63. The minimum Gasteiger partial charge on any atom is -0.303 e. The first-order chi connectivity index (χ1) is 11.3. The topological polar surface area (TPSA) is 17.1 Å². The molecule has 3 aliphatic rings. The molecule has 3 saturated carbocycles. The summed E-state index contributed by atoms with van der Waals surface area (Å²) in [7, 11) is 0. The van der Waals surface area contributed by atoms with Gasteiger partial charge in [0.05, 0.1) is 0 Å². The van der Waals surface area contributed by atoms with E-state index in [0.717, 1.165) is 29.6 Å². The zero-order chi connectivity index (χ0) is 16.1. The van der Waals surface area contributed by atoms with Gasteiger partial charge < -0.3 is 4.79 Å². The molecule has 0 aromatic carbocycles. The molecule has 0 radical (unpaired) electrons. The molecule has 0 aliphatic heterocycles. The monoisotopic (exact) mass is 318 g/mol. The number of carbonyl (C=O) groups excluding carboxylic acids is 1. The Bertz CT molecular complexity index is 339. The molecule has 0 N–H and O–H groups in total. The maximum absolute atomic E-state index is 10.9. The van der Waals surface area contributed by atoms with E-state index in [4.69, 9.17) is 0 Å². The quantitative estimate of drug-likeness (QED) is 0.536. The summed E-state index contributed by atoms with van der Waals surface area (Å²) < 4.78 is 0. The SMILES string of the molecule is CCCC1CCC(C2CCC(C3CCC(C=O)CC3)CC2)CC1. The molecular weight excluding hydrogens is 280 g/mol. The van der Waals surface area contributed by atoms with Crippen molar-refractivity contribution in [3.63, 3.8) is 0 Å². The van der Waals surface area contributed by atoms with Gasteiger partial charge in [-0.15, -0.1) is 0 Å². The van der Waals surface area contributed by atoms with Crippen LogP contribution in [0.15, 0.2) is 0 Å². The highest BCUT2D eigenvalue weighted by Gasteiger charge is 2.34. The van der Waals surface area contributed by atoms with E-state index in [2.05, 4.69) is 6.92 Å². The van der Waals surface area contributed by atoms with Gasteiger partial charge in [0.1, 0.15) is 6.29 Å². The fourth-order valence-electron chi connectivity index (χ4n) is 6.20. The second kappa shape index (κ2) is 8.67. The van der Waals surface area contributed by atoms with Gasteiger partial charge in [-0.1, -0.05) is 32.6 Å². The van der Waals surface area contributed by atoms with Crippen LogP contribution in [0.5, 0.6) is 0 Å². The molecule has 0 aromatic rings. The minimum atomic E-state index is 0.390. The standard InChI is InChI=1S/C22H38O/c1-2-3-17-4-8-19(9-5-17)21-12-14-22(15-13-21)20-10-6-18(16-23)7-11-20/h16-22H,2-15H2,1H3. The lowest BCUT2D eigenvalue weighted by atomic mass is 9.65. The van der Waals surface area contributed by atoms with Crippen molar-refractivity contribution in [3.8, 4) is 0 Å². The average molecular weight is 319 g/mol. The Kier molecular flexibility index (Phi) is 6.60. The van der Waals surface area contributed by atoms with E-state index >= 15 is 0 Å². The Morgan fingerprint density at radius 2 is 1.04 bits per heavy atom. The number of aldehydes is 1. The van der Waals surface area contributed by atoms with Gasteiger partial charge in [-0.05, 0) is 93.8 Å². The summed E-state index contributed by atoms with van der Waals surface area (Å²) in [4.78, 5) is 10.9. The summed E-state index contributed by atoms with van der Waals surface area (Å²) >= 11 is 0. The highest BCUT2D eigenvalue weighted by molar-refractivity contribution is 5.53. The van der Waals surface area contributed by atoms with Crippen molar-refractivity contribution in [1.29, 1.82) is 0 Å². The Morgan fingerprint density at radius 3 is 1.43 bits per heavy atom. The van der Waals surface area contributed by atoms with Crippen LogP contribution in [-0.2, 0) is 4.79 Å². The lowest BCUT2D eigenvalue weighted by Gasteiger charge is -2.41. The lowest BCUT2D eigenvalue weighted by molar-refractivity contribution is -0.112. The highest BCUT2D eigenvalue weighted by atomic mass is 16.1. The molecule has 0 atom stereocenters. The summed E-state index contributed by atoms with van der Waals surface area (Å²) in [6.07, 6.45) is 21.2. The van der Waals surface area contributed by atoms with E-state index < -0.39 is 0 Å². The van der Waals surface area contributed by atoms with Gasteiger partial charge in [0.25, 0.3) is 0 Å². The van der Waals surface area contributed by atoms with Gasteiger partial charge in [0.2, 0.25) is 0 Å². The van der Waals surface area contributed by atoms with Gasteiger partial charge in [-0.2, -0.15) is 0 Å². The van der Waals surface area contributed by atoms with Crippen LogP contribution in [0.2, 0.25) is 0 Å². The maximum Gasteiger partial charge on any atom is 0.123 e. The maximum atomic E-state index is 10.9. The van der Waals surface area contributed by atoms with Crippen molar-refractivity contribution in [2.24, 2.45) is 35.5 Å². The molecule has 1 nitrogen and oxygen atoms in total. The van der Waals surface area contributed by atoms with Crippen LogP contribution in [0.25, 0.3) is 0 Å². The number of hydrogen-bond donors (Lipinski definition) is 0. The fourth-order valence-corrected chi connectivity index (χ4v) is 6.20. The minimum absolute atomic E-state index is 0.390. The van der Waals surface area contributed by atoms with Crippen molar-refractivity contribution in [1.82, 2.24) is 0 Å². The Labute approximate surface area is 144 Å². The van der Waals surface area contributed by atoms with Gasteiger partial charge in [-0.25, -0.2) is 0 Å². The molecule has 132 valence electrons. The zero-order valence-electron chi connectivity index (χ0n) is 15.3. The normalized spacial score (nSPS) is 42.3. The van der Waals surface area contributed by atoms with Crippen LogP contribution < -0.4 is 0 Å². The van der Waals surface area contributed by atoms with E-state index in [-0.39, 0.29) is 0 Å². The summed E-state index contributed by atoms with van der Waals surface area (Å²) in [6.45, 7) is 2.34. The number of carbonyl (C=O) groups is 1. The molecule has 0 amide bonds. The van der Waals surface area contributed by atoms with Crippen molar-refractivity contribution in [2.75, 3.05) is 0 Å². The van der Waals surface area contributed by atoms with E-state index in [1.165, 1.54) is 96.2 Å². The molecule has 0 spiro atoms. The smallest absolute Gasteiger partial charge is 0.123 e. The van der Waals surface area contributed by atoms with E-state index in [9.17, 15) is 4.79 Å². The van der Waals surface area contributed by atoms with E-state index in [1.54, 1.807) is 0 Å². The van der Waals surface area contributed by atoms with E-state index in [0.29, 0.717) is 5.92 Å². The first-order valence-corrected chi connectivity index (χ1v) is 10.8. The number of hydrogen-bond acceptors (Lipinski definition) is 1. The number of rotatable bonds is 5. The largest absolute Gasteiger partial charge is 0.303 e. The Hall–Kier alpha value is -0.330. The predicted molar refractivity (Wildman–Crippen MR) is 97.3 cm³/mol. The zero-order valence-corrected chi connectivity index (χ0v) is 15.3. The van der Waals surface area contributed by atoms with Crippen LogP contribution in [-0.4, -0.2) is 6.29 Å². The molecule has 0 unspecified atom stereocenters. The van der Waals surface area contributed by atoms with Crippen molar-refractivity contribution in [2.45, 2.75) is 96.8 Å². The second-order valence-corrected chi connectivity index (χ2v) is 9.06. The molecule has 3 aliphatic carbocycles. The molecule has 0 bridgehead atoms. The molecule has 23 heavy (non-hydrogen) atoms. The molecule has 3 rings (SSSR count). The van der Waals surface area contributed by atoms with Crippen LogP contribution >= 0.6 is 0 Å². The molecule has 1 heteroatoms. The first kappa shape index (κ1) is 17.5. The lowest BCUT2D eigenvalue weighted by Crippen LogP contribution is -2.30. The van der Waals surface area contributed by atoms with Crippen molar-refractivity contribution >= 4 is 6.29 Å². The molecular formula is C22H38O. The van der Waals surface area contributed by atoms with Gasteiger partial charge >= 0.3 is 0 Å². The third kappa shape index (κ3) is 4.60. The third-order valence-corrected chi connectivity index (χ3v) is 7.75. The predicted octanol–water partition coefficient (Wildman–Crippen LogP) is 6.40. The van der Waals surface area contributed by atoms with Gasteiger partial charge in [0.15, 0.2) is 0 Å².